The van der Waals surface area contributed by atoms with Crippen molar-refractivity contribution in [2.24, 2.45) is 0 Å². The molecular formula is C21H21N3O2. The first kappa shape index (κ1) is 16.4. The van der Waals surface area contributed by atoms with E-state index >= 15 is 0 Å². The van der Waals surface area contributed by atoms with Crippen LogP contribution in [0.3, 0.4) is 0 Å². The van der Waals surface area contributed by atoms with Crippen molar-refractivity contribution in [3.05, 3.63) is 71.4 Å². The number of hydrogen-bond acceptors (Lipinski definition) is 3. The number of para-hydroxylation sites is 2. The fourth-order valence-electron chi connectivity index (χ4n) is 3.31. The summed E-state index contributed by atoms with van der Waals surface area (Å²) in [6.07, 6.45) is 2.98. The number of anilines is 1. The molecule has 5 nitrogen and oxygen atoms in total. The summed E-state index contributed by atoms with van der Waals surface area (Å²) in [7, 11) is 0. The van der Waals surface area contributed by atoms with Gasteiger partial charge in [0, 0.05) is 5.56 Å². The van der Waals surface area contributed by atoms with Crippen LogP contribution in [-0.4, -0.2) is 22.3 Å². The first-order valence-electron chi connectivity index (χ1n) is 8.87. The summed E-state index contributed by atoms with van der Waals surface area (Å²) in [5, 5.41) is 7.72. The average molecular weight is 347 g/mol. The molecule has 1 N–H and O–H groups in total. The highest BCUT2D eigenvalue weighted by atomic mass is 16.5. The molecule has 2 aromatic carbocycles. The topological polar surface area (TPSA) is 56.1 Å². The van der Waals surface area contributed by atoms with Crippen LogP contribution in [0.2, 0.25) is 0 Å². The van der Waals surface area contributed by atoms with Gasteiger partial charge in [0.15, 0.2) is 6.61 Å². The van der Waals surface area contributed by atoms with Gasteiger partial charge in [-0.25, -0.2) is 4.68 Å². The summed E-state index contributed by atoms with van der Waals surface area (Å²) in [4.78, 5) is 12.5. The highest BCUT2D eigenvalue weighted by Crippen LogP contribution is 2.30. The normalized spacial score (nSPS) is 12.7. The summed E-state index contributed by atoms with van der Waals surface area (Å²) in [6, 6.07) is 17.6. The number of benzene rings is 2. The second-order valence-electron chi connectivity index (χ2n) is 6.48. The summed E-state index contributed by atoms with van der Waals surface area (Å²) < 4.78 is 7.50. The molecule has 132 valence electrons. The van der Waals surface area contributed by atoms with E-state index in [1.54, 1.807) is 0 Å². The number of nitrogens with one attached hydrogen (secondary N) is 1. The standard InChI is InChI=1S/C21H21N3O2/c1-15-8-5-6-13-19(15)26-14-20(25)22-21-17-11-7-12-18(17)23-24(21)16-9-3-2-4-10-16/h2-6,8-10,13H,7,11-12,14H2,1H3,(H,22,25). The molecule has 0 unspecified atom stereocenters. The molecule has 1 aromatic heterocycles. The van der Waals surface area contributed by atoms with Gasteiger partial charge in [-0.2, -0.15) is 5.10 Å². The van der Waals surface area contributed by atoms with E-state index in [1.165, 1.54) is 0 Å². The molecule has 4 rings (SSSR count). The van der Waals surface area contributed by atoms with Crippen molar-refractivity contribution in [3.63, 3.8) is 0 Å². The number of aromatic nitrogens is 2. The smallest absolute Gasteiger partial charge is 0.263 e. The third-order valence-electron chi connectivity index (χ3n) is 4.62. The molecule has 5 heteroatoms. The van der Waals surface area contributed by atoms with E-state index in [9.17, 15) is 4.79 Å². The van der Waals surface area contributed by atoms with Gasteiger partial charge >= 0.3 is 0 Å². The van der Waals surface area contributed by atoms with Crippen LogP contribution in [-0.2, 0) is 17.6 Å². The number of hydrogen-bond donors (Lipinski definition) is 1. The Labute approximate surface area is 152 Å². The van der Waals surface area contributed by atoms with Gasteiger partial charge in [0.1, 0.15) is 11.6 Å². The molecule has 0 atom stereocenters. The van der Waals surface area contributed by atoms with Crippen molar-refractivity contribution >= 4 is 11.7 Å². The van der Waals surface area contributed by atoms with Crippen LogP contribution >= 0.6 is 0 Å². The van der Waals surface area contributed by atoms with Crippen LogP contribution in [0.1, 0.15) is 23.2 Å². The van der Waals surface area contributed by atoms with Gasteiger partial charge in [0.05, 0.1) is 11.4 Å². The minimum atomic E-state index is -0.181. The lowest BCUT2D eigenvalue weighted by molar-refractivity contribution is -0.118. The van der Waals surface area contributed by atoms with Crippen LogP contribution < -0.4 is 10.1 Å². The van der Waals surface area contributed by atoms with E-state index in [0.29, 0.717) is 0 Å². The fraction of sp³-hybridized carbons (Fsp3) is 0.238. The first-order chi connectivity index (χ1) is 12.7. The Bertz CT molecular complexity index is 932. The van der Waals surface area contributed by atoms with Crippen LogP contribution in [0.4, 0.5) is 5.82 Å². The highest BCUT2D eigenvalue weighted by Gasteiger charge is 2.24. The number of ether oxygens (including phenoxy) is 1. The lowest BCUT2D eigenvalue weighted by atomic mass is 10.2. The molecule has 0 saturated heterocycles. The maximum absolute atomic E-state index is 12.5. The number of nitrogens with zero attached hydrogens (tertiary/aromatic N) is 2. The van der Waals surface area contributed by atoms with E-state index in [4.69, 9.17) is 9.84 Å². The van der Waals surface area contributed by atoms with Crippen LogP contribution in [0.25, 0.3) is 5.69 Å². The number of carbonyl (C=O) groups excluding carboxylic acids is 1. The largest absolute Gasteiger partial charge is 0.483 e. The van der Waals surface area contributed by atoms with E-state index in [2.05, 4.69) is 5.32 Å². The molecule has 1 aliphatic rings. The fourth-order valence-corrected chi connectivity index (χ4v) is 3.31. The zero-order valence-electron chi connectivity index (χ0n) is 14.7. The molecule has 0 fully saturated rings. The Kier molecular flexibility index (Phi) is 4.44. The van der Waals surface area contributed by atoms with Gasteiger partial charge in [0.25, 0.3) is 5.91 Å². The highest BCUT2D eigenvalue weighted by molar-refractivity contribution is 5.92. The third-order valence-corrected chi connectivity index (χ3v) is 4.62. The van der Waals surface area contributed by atoms with Crippen molar-refractivity contribution in [3.8, 4) is 11.4 Å². The Morgan fingerprint density at radius 2 is 1.88 bits per heavy atom. The second-order valence-corrected chi connectivity index (χ2v) is 6.48. The predicted molar refractivity (Wildman–Crippen MR) is 101 cm³/mol. The predicted octanol–water partition coefficient (Wildman–Crippen LogP) is 3.69. The molecule has 3 aromatic rings. The molecule has 1 aliphatic carbocycles. The number of carbonyl (C=O) groups is 1. The van der Waals surface area contributed by atoms with Gasteiger partial charge in [-0.3, -0.25) is 4.79 Å². The van der Waals surface area contributed by atoms with Gasteiger partial charge in [0.2, 0.25) is 0 Å². The van der Waals surface area contributed by atoms with Crippen molar-refractivity contribution in [1.29, 1.82) is 0 Å². The van der Waals surface area contributed by atoms with Crippen molar-refractivity contribution in [1.82, 2.24) is 9.78 Å². The molecule has 0 radical (unpaired) electrons. The van der Waals surface area contributed by atoms with Gasteiger partial charge in [-0.05, 0) is 49.9 Å². The van der Waals surface area contributed by atoms with Crippen LogP contribution in [0, 0.1) is 6.92 Å². The minimum absolute atomic E-state index is 0.0282. The Morgan fingerprint density at radius 3 is 2.69 bits per heavy atom. The number of amides is 1. The van der Waals surface area contributed by atoms with Crippen LogP contribution in [0.15, 0.2) is 54.6 Å². The minimum Gasteiger partial charge on any atom is -0.483 e. The summed E-state index contributed by atoms with van der Waals surface area (Å²) >= 11 is 0. The quantitative estimate of drug-likeness (QED) is 0.766. The Morgan fingerprint density at radius 1 is 1.12 bits per heavy atom. The third kappa shape index (κ3) is 3.20. The van der Waals surface area contributed by atoms with E-state index < -0.39 is 0 Å². The van der Waals surface area contributed by atoms with Crippen molar-refractivity contribution in [2.45, 2.75) is 26.2 Å². The zero-order valence-corrected chi connectivity index (χ0v) is 14.7. The maximum Gasteiger partial charge on any atom is 0.263 e. The number of fused-ring (bicyclic) bond motifs is 1. The second kappa shape index (κ2) is 7.04. The molecule has 0 spiro atoms. The van der Waals surface area contributed by atoms with Gasteiger partial charge < -0.3 is 10.1 Å². The molecular weight excluding hydrogens is 326 g/mol. The van der Waals surface area contributed by atoms with Crippen molar-refractivity contribution < 1.29 is 9.53 Å². The van der Waals surface area contributed by atoms with E-state index in [0.717, 1.165) is 53.3 Å². The Balaban J connectivity index is 1.54. The van der Waals surface area contributed by atoms with E-state index in [1.807, 2.05) is 66.2 Å². The number of rotatable bonds is 5. The molecule has 0 saturated carbocycles. The molecule has 1 heterocycles. The van der Waals surface area contributed by atoms with Crippen molar-refractivity contribution in [2.75, 3.05) is 11.9 Å². The van der Waals surface area contributed by atoms with Gasteiger partial charge in [-0.15, -0.1) is 0 Å². The number of aryl methyl sites for hydroxylation is 2. The lowest BCUT2D eigenvalue weighted by Gasteiger charge is -2.12. The Hall–Kier alpha value is -3.08. The van der Waals surface area contributed by atoms with Crippen LogP contribution in [0.5, 0.6) is 5.75 Å². The summed E-state index contributed by atoms with van der Waals surface area (Å²) in [5.74, 6) is 1.31. The molecule has 26 heavy (non-hydrogen) atoms. The first-order valence-corrected chi connectivity index (χ1v) is 8.87. The molecule has 1 amide bonds. The van der Waals surface area contributed by atoms with E-state index in [-0.39, 0.29) is 12.5 Å². The summed E-state index contributed by atoms with van der Waals surface area (Å²) in [5.41, 5.74) is 4.16. The molecule has 0 aliphatic heterocycles. The average Bonchev–Trinajstić information content (AvgIpc) is 3.24. The summed E-state index contributed by atoms with van der Waals surface area (Å²) in [6.45, 7) is 1.93. The zero-order chi connectivity index (χ0) is 17.9. The maximum atomic E-state index is 12.5. The van der Waals surface area contributed by atoms with Gasteiger partial charge in [-0.1, -0.05) is 36.4 Å². The SMILES string of the molecule is Cc1ccccc1OCC(=O)Nc1c2c(nn1-c1ccccc1)CCC2. The molecule has 0 bridgehead atoms. The lowest BCUT2D eigenvalue weighted by Crippen LogP contribution is -2.22. The monoisotopic (exact) mass is 347 g/mol.